The highest BCUT2D eigenvalue weighted by molar-refractivity contribution is 5.76. The molecule has 2 saturated heterocycles. The lowest BCUT2D eigenvalue weighted by molar-refractivity contribution is -0.384. The number of hydrogen-bond acceptors (Lipinski definition) is 15. The fourth-order valence-electron chi connectivity index (χ4n) is 4.40. The van der Waals surface area contributed by atoms with Crippen LogP contribution >= 0.6 is 0 Å². The molecule has 0 aliphatic carbocycles. The third-order valence-corrected chi connectivity index (χ3v) is 6.60. The maximum absolute atomic E-state index is 12.4. The van der Waals surface area contributed by atoms with E-state index in [0.29, 0.717) is 0 Å². The minimum absolute atomic E-state index is 0.0351. The number of aliphatic hydroxyl groups is 6. The number of non-ortho nitro benzene ring substituents is 1. The number of rotatable bonds is 12. The highest BCUT2D eigenvalue weighted by Crippen LogP contribution is 2.37. The van der Waals surface area contributed by atoms with E-state index in [2.05, 4.69) is 20.1 Å². The summed E-state index contributed by atoms with van der Waals surface area (Å²) < 4.78 is 21.9. The van der Waals surface area contributed by atoms with Gasteiger partial charge in [0.1, 0.15) is 30.2 Å². The first-order valence-corrected chi connectivity index (χ1v) is 12.1. The molecule has 11 atom stereocenters. The summed E-state index contributed by atoms with van der Waals surface area (Å²) in [6.45, 7) is -1.89. The third kappa shape index (κ3) is 6.95. The van der Waals surface area contributed by atoms with Crippen LogP contribution in [0.25, 0.3) is 20.9 Å². The molecule has 1 aromatic rings. The van der Waals surface area contributed by atoms with Gasteiger partial charge in [-0.05, 0) is 23.2 Å². The molecular weight excluding hydrogens is 574 g/mol. The number of nitro benzene ring substituents is 1. The summed E-state index contributed by atoms with van der Waals surface area (Å²) in [5.41, 5.74) is 17.6. The van der Waals surface area contributed by atoms with Crippen molar-refractivity contribution in [3.63, 3.8) is 0 Å². The van der Waals surface area contributed by atoms with Crippen molar-refractivity contribution >= 4 is 11.7 Å². The Balaban J connectivity index is 1.85. The molecule has 0 radical (unpaired) electrons. The van der Waals surface area contributed by atoms with Gasteiger partial charge in [-0.1, -0.05) is 10.2 Å². The second-order valence-electron chi connectivity index (χ2n) is 9.25. The fourth-order valence-corrected chi connectivity index (χ4v) is 4.40. The van der Waals surface area contributed by atoms with Gasteiger partial charge >= 0.3 is 5.97 Å². The summed E-state index contributed by atoms with van der Waals surface area (Å²) in [5.74, 6) is -4.69. The number of carboxylic acids is 1. The van der Waals surface area contributed by atoms with Crippen LogP contribution in [0.3, 0.4) is 0 Å². The molecule has 3 unspecified atom stereocenters. The van der Waals surface area contributed by atoms with Crippen LogP contribution in [0.4, 0.5) is 5.69 Å². The molecule has 2 fully saturated rings. The predicted molar refractivity (Wildman–Crippen MR) is 131 cm³/mol. The molecule has 0 aromatic heterocycles. The van der Waals surface area contributed by atoms with Gasteiger partial charge in [0.15, 0.2) is 0 Å². The zero-order valence-electron chi connectivity index (χ0n) is 21.3. The Morgan fingerprint density at radius 2 is 1.83 bits per heavy atom. The quantitative estimate of drug-likeness (QED) is 0.0468. The van der Waals surface area contributed by atoms with Crippen molar-refractivity contribution < 1.29 is 64.4 Å². The second kappa shape index (κ2) is 13.9. The average molecular weight is 601 g/mol. The van der Waals surface area contributed by atoms with Crippen molar-refractivity contribution in [3.8, 4) is 5.75 Å². The Hall–Kier alpha value is -3.85. The summed E-state index contributed by atoms with van der Waals surface area (Å²) in [6, 6.07) is 1.15. The van der Waals surface area contributed by atoms with Gasteiger partial charge in [-0.25, -0.2) is 4.79 Å². The maximum atomic E-state index is 12.4. The molecule has 7 N–H and O–H groups in total. The van der Waals surface area contributed by atoms with E-state index in [1.165, 1.54) is 12.1 Å². The Labute approximate surface area is 234 Å². The minimum atomic E-state index is -2.80. The van der Waals surface area contributed by atoms with Gasteiger partial charge in [-0.2, -0.15) is 0 Å². The van der Waals surface area contributed by atoms with E-state index in [9.17, 15) is 50.7 Å². The molecular formula is C21H27N7O14. The van der Waals surface area contributed by atoms with E-state index in [4.69, 9.17) is 30.0 Å². The number of benzene rings is 1. The van der Waals surface area contributed by atoms with Crippen LogP contribution < -0.4 is 4.74 Å². The molecule has 3 rings (SSSR count). The number of carbonyl (C=O) groups is 1. The second-order valence-corrected chi connectivity index (χ2v) is 9.25. The van der Waals surface area contributed by atoms with E-state index < -0.39 is 97.4 Å². The predicted octanol–water partition coefficient (Wildman–Crippen LogP) is -1.56. The summed E-state index contributed by atoms with van der Waals surface area (Å²) in [7, 11) is 0. The van der Waals surface area contributed by atoms with Crippen LogP contribution in [0.15, 0.2) is 34.5 Å². The van der Waals surface area contributed by atoms with Gasteiger partial charge < -0.3 is 54.7 Å². The van der Waals surface area contributed by atoms with Gasteiger partial charge in [0, 0.05) is 28.4 Å². The Morgan fingerprint density at radius 1 is 1.17 bits per heavy atom. The van der Waals surface area contributed by atoms with Gasteiger partial charge in [0.25, 0.3) is 11.5 Å². The molecule has 42 heavy (non-hydrogen) atoms. The monoisotopic (exact) mass is 601 g/mol. The number of azide groups is 2. The van der Waals surface area contributed by atoms with Crippen LogP contribution in [-0.2, 0) is 19.0 Å². The van der Waals surface area contributed by atoms with Crippen LogP contribution in [0, 0.1) is 10.1 Å². The Morgan fingerprint density at radius 3 is 2.38 bits per heavy atom. The Bertz CT molecular complexity index is 1210. The molecule has 2 aliphatic rings. The molecule has 0 spiro atoms. The van der Waals surface area contributed by atoms with Crippen LogP contribution in [0.1, 0.15) is 6.42 Å². The van der Waals surface area contributed by atoms with Crippen molar-refractivity contribution in [1.29, 1.82) is 0 Å². The normalized spacial score (nSPS) is 34.2. The molecule has 0 amide bonds. The molecule has 0 bridgehead atoms. The van der Waals surface area contributed by atoms with Crippen LogP contribution in [0.2, 0.25) is 0 Å². The minimum Gasteiger partial charge on any atom is -0.477 e. The zero-order chi connectivity index (χ0) is 31.2. The van der Waals surface area contributed by atoms with Crippen molar-refractivity contribution in [2.24, 2.45) is 10.2 Å². The lowest BCUT2D eigenvalue weighted by Gasteiger charge is -2.46. The smallest absolute Gasteiger partial charge is 0.364 e. The summed E-state index contributed by atoms with van der Waals surface area (Å²) in [4.78, 5) is 27.6. The van der Waals surface area contributed by atoms with E-state index >= 15 is 0 Å². The first kappa shape index (κ1) is 32.7. The van der Waals surface area contributed by atoms with E-state index in [0.717, 1.165) is 12.1 Å². The lowest BCUT2D eigenvalue weighted by atomic mass is 9.88. The number of aliphatic carboxylic acids is 1. The van der Waals surface area contributed by atoms with Gasteiger partial charge in [-0.15, -0.1) is 0 Å². The fraction of sp³-hybridized carbons (Fsp3) is 0.667. The van der Waals surface area contributed by atoms with Crippen molar-refractivity contribution in [2.75, 3.05) is 13.2 Å². The summed E-state index contributed by atoms with van der Waals surface area (Å²) in [5, 5.41) is 88.8. The van der Waals surface area contributed by atoms with Gasteiger partial charge in [0.05, 0.1) is 48.5 Å². The summed E-state index contributed by atoms with van der Waals surface area (Å²) in [6.07, 6.45) is -15.3. The number of ether oxygens (including phenoxy) is 4. The van der Waals surface area contributed by atoms with Crippen molar-refractivity contribution in [3.05, 3.63) is 55.3 Å². The van der Waals surface area contributed by atoms with Crippen molar-refractivity contribution in [1.82, 2.24) is 0 Å². The number of aliphatic hydroxyl groups excluding tert-OH is 6. The molecule has 2 heterocycles. The largest absolute Gasteiger partial charge is 0.477 e. The molecule has 2 aliphatic heterocycles. The molecule has 1 aromatic carbocycles. The van der Waals surface area contributed by atoms with Crippen molar-refractivity contribution in [2.45, 2.75) is 73.3 Å². The number of nitrogens with zero attached hydrogens (tertiary/aromatic N) is 7. The zero-order valence-corrected chi connectivity index (χ0v) is 21.3. The van der Waals surface area contributed by atoms with Gasteiger partial charge in [0.2, 0.25) is 6.29 Å². The van der Waals surface area contributed by atoms with E-state index in [1.54, 1.807) is 0 Å². The number of carboxylic acid groups (broad SMARTS) is 1. The lowest BCUT2D eigenvalue weighted by Crippen LogP contribution is -2.64. The highest BCUT2D eigenvalue weighted by Gasteiger charge is 2.56. The third-order valence-electron chi connectivity index (χ3n) is 6.60. The first-order valence-electron chi connectivity index (χ1n) is 12.1. The molecule has 230 valence electrons. The maximum Gasteiger partial charge on any atom is 0.364 e. The van der Waals surface area contributed by atoms with Gasteiger partial charge in [-0.3, -0.25) is 10.1 Å². The van der Waals surface area contributed by atoms with E-state index in [-0.39, 0.29) is 11.4 Å². The first-order chi connectivity index (χ1) is 19.9. The molecule has 21 heteroatoms. The van der Waals surface area contributed by atoms with E-state index in [1.807, 2.05) is 0 Å². The van der Waals surface area contributed by atoms with Crippen LogP contribution in [-0.4, -0.2) is 127 Å². The summed E-state index contributed by atoms with van der Waals surface area (Å²) >= 11 is 0. The highest BCUT2D eigenvalue weighted by atomic mass is 16.7. The molecule has 21 nitrogen and oxygen atoms in total. The average Bonchev–Trinajstić information content (AvgIpc) is 2.96. The number of nitro groups is 1. The molecule has 0 saturated carbocycles. The Kier molecular flexibility index (Phi) is 10.8. The number of hydrogen-bond donors (Lipinski definition) is 7. The topological polar surface area (TPSA) is 336 Å². The SMILES string of the molecule is [N-]=[N+]=N[C@@H](C1O[C@@](OCC2O[C@@H](Oc3ccc([N+](=O)[O-])cc3)C(O)[C@@H](O)[C@H]2O)(C(=O)O)C[C@@H](O)[C@H]1N=[N+]=[N-])[C@H](O)CO. The standard InChI is InChI=1S/C21H27N7O14/c22-26-24-13-10(30)5-21(20(35)36,42-18(13)14(25-27-23)11(31)6-29)39-7-12-15(32)16(33)17(34)19(41-12)40-9-3-1-8(2-4-9)28(37)38/h1-4,10-19,29-34H,5-7H2,(H,35,36)/t10-,11-,12?,13-,14-,15+,16+,17?,18?,19-,21-/m1/s1. The van der Waals surface area contributed by atoms with Crippen LogP contribution in [0.5, 0.6) is 5.75 Å².